The van der Waals surface area contributed by atoms with Crippen molar-refractivity contribution in [3.63, 3.8) is 0 Å². The van der Waals surface area contributed by atoms with Gasteiger partial charge in [-0.2, -0.15) is 0 Å². The molecular formula is C20H20ClNO4. The number of benzene rings is 2. The van der Waals surface area contributed by atoms with Crippen LogP contribution in [0.15, 0.2) is 54.6 Å². The van der Waals surface area contributed by atoms with Crippen LogP contribution >= 0.6 is 11.6 Å². The topological polar surface area (TPSA) is 72.5 Å². The Morgan fingerprint density at radius 1 is 1.00 bits per heavy atom. The number of ketones is 1. The van der Waals surface area contributed by atoms with Gasteiger partial charge in [-0.05, 0) is 37.6 Å². The first-order valence-corrected chi connectivity index (χ1v) is 8.67. The molecule has 1 amide bonds. The lowest BCUT2D eigenvalue weighted by Crippen LogP contribution is -2.24. The molecule has 1 atom stereocenters. The van der Waals surface area contributed by atoms with Crippen molar-refractivity contribution in [3.05, 3.63) is 65.2 Å². The van der Waals surface area contributed by atoms with Gasteiger partial charge in [0.2, 0.25) is 11.7 Å². The van der Waals surface area contributed by atoms with Crippen molar-refractivity contribution in [3.8, 4) is 0 Å². The summed E-state index contributed by atoms with van der Waals surface area (Å²) in [5.74, 6) is -0.950. The number of hydrogen-bond donors (Lipinski definition) is 1. The van der Waals surface area contributed by atoms with Crippen molar-refractivity contribution < 1.29 is 19.1 Å². The molecule has 1 N–H and O–H groups in total. The summed E-state index contributed by atoms with van der Waals surface area (Å²) in [6.07, 6.45) is -0.267. The zero-order chi connectivity index (χ0) is 18.9. The summed E-state index contributed by atoms with van der Waals surface area (Å²) >= 11 is 5.78. The molecule has 0 aliphatic heterocycles. The number of rotatable bonds is 8. The maximum absolute atomic E-state index is 12.1. The van der Waals surface area contributed by atoms with Gasteiger partial charge in [-0.25, -0.2) is 0 Å². The highest BCUT2D eigenvalue weighted by Crippen LogP contribution is 2.14. The number of anilines is 1. The molecule has 0 radical (unpaired) electrons. The molecule has 0 aliphatic carbocycles. The van der Waals surface area contributed by atoms with Gasteiger partial charge in [-0.15, -0.1) is 0 Å². The lowest BCUT2D eigenvalue weighted by molar-refractivity contribution is -0.146. The summed E-state index contributed by atoms with van der Waals surface area (Å²) in [5.41, 5.74) is 1.14. The molecule has 0 fully saturated rings. The second-order valence-corrected chi connectivity index (χ2v) is 6.21. The van der Waals surface area contributed by atoms with Crippen molar-refractivity contribution >= 4 is 34.9 Å². The van der Waals surface area contributed by atoms with Crippen LogP contribution in [0.4, 0.5) is 5.69 Å². The Balaban J connectivity index is 1.70. The maximum Gasteiger partial charge on any atom is 0.306 e. The van der Waals surface area contributed by atoms with Crippen molar-refractivity contribution in [1.82, 2.24) is 0 Å². The highest BCUT2D eigenvalue weighted by Gasteiger charge is 2.19. The Morgan fingerprint density at radius 2 is 1.65 bits per heavy atom. The molecule has 5 nitrogen and oxygen atoms in total. The summed E-state index contributed by atoms with van der Waals surface area (Å²) in [7, 11) is 0. The molecule has 2 aromatic rings. The van der Waals surface area contributed by atoms with Crippen LogP contribution in [0.5, 0.6) is 0 Å². The maximum atomic E-state index is 12.1. The van der Waals surface area contributed by atoms with E-state index >= 15 is 0 Å². The van der Waals surface area contributed by atoms with Gasteiger partial charge in [0.15, 0.2) is 6.10 Å². The SMILES string of the molecule is C[C@@H](OC(=O)CCCC(=O)Nc1ccc(Cl)cc1)C(=O)c1ccccc1. The van der Waals surface area contributed by atoms with Gasteiger partial charge in [-0.3, -0.25) is 14.4 Å². The zero-order valence-corrected chi connectivity index (χ0v) is 15.2. The number of hydrogen-bond acceptors (Lipinski definition) is 4. The van der Waals surface area contributed by atoms with Gasteiger partial charge in [0.1, 0.15) is 0 Å². The summed E-state index contributed by atoms with van der Waals surface area (Å²) in [4.78, 5) is 35.8. The molecular weight excluding hydrogens is 354 g/mol. The van der Waals surface area contributed by atoms with E-state index < -0.39 is 12.1 Å². The van der Waals surface area contributed by atoms with E-state index in [2.05, 4.69) is 5.32 Å². The number of esters is 1. The van der Waals surface area contributed by atoms with Gasteiger partial charge in [0.05, 0.1) is 0 Å². The Bertz CT molecular complexity index is 759. The summed E-state index contributed by atoms with van der Waals surface area (Å²) in [6.45, 7) is 1.54. The normalized spacial score (nSPS) is 11.5. The molecule has 136 valence electrons. The van der Waals surface area contributed by atoms with Gasteiger partial charge in [0, 0.05) is 29.1 Å². The highest BCUT2D eigenvalue weighted by molar-refractivity contribution is 6.30. The third-order valence-corrected chi connectivity index (χ3v) is 3.90. The molecule has 0 unspecified atom stereocenters. The number of halogens is 1. The predicted octanol–water partition coefficient (Wildman–Crippen LogP) is 4.26. The fraction of sp³-hybridized carbons (Fsp3) is 0.250. The molecule has 0 spiro atoms. The van der Waals surface area contributed by atoms with Crippen LogP contribution in [0.1, 0.15) is 36.5 Å². The summed E-state index contributed by atoms with van der Waals surface area (Å²) in [5, 5.41) is 3.31. The second kappa shape index (κ2) is 9.73. The first kappa shape index (κ1) is 19.7. The van der Waals surface area contributed by atoms with Crippen LogP contribution in [0.2, 0.25) is 5.02 Å². The molecule has 0 aromatic heterocycles. The number of Topliss-reactive ketones (excluding diaryl/α,β-unsaturated/α-hetero) is 1. The number of carbonyl (C=O) groups is 3. The van der Waals surface area contributed by atoms with Crippen molar-refractivity contribution in [1.29, 1.82) is 0 Å². The van der Waals surface area contributed by atoms with E-state index in [1.807, 2.05) is 6.07 Å². The first-order chi connectivity index (χ1) is 12.5. The van der Waals surface area contributed by atoms with E-state index in [4.69, 9.17) is 16.3 Å². The van der Waals surface area contributed by atoms with E-state index in [1.165, 1.54) is 0 Å². The molecule has 26 heavy (non-hydrogen) atoms. The minimum Gasteiger partial charge on any atom is -0.454 e. The standard InChI is InChI=1S/C20H20ClNO4/c1-14(20(25)15-6-3-2-4-7-15)26-19(24)9-5-8-18(23)22-17-12-10-16(21)11-13-17/h2-4,6-7,10-14H,5,8-9H2,1H3,(H,22,23)/t14-/m1/s1. The Hall–Kier alpha value is -2.66. The lowest BCUT2D eigenvalue weighted by atomic mass is 10.1. The molecule has 0 saturated carbocycles. The molecule has 2 rings (SSSR count). The third kappa shape index (κ3) is 6.33. The summed E-state index contributed by atoms with van der Waals surface area (Å²) < 4.78 is 5.14. The zero-order valence-electron chi connectivity index (χ0n) is 14.4. The fourth-order valence-corrected chi connectivity index (χ4v) is 2.42. The van der Waals surface area contributed by atoms with Crippen LogP contribution in [-0.4, -0.2) is 23.8 Å². The van der Waals surface area contributed by atoms with Crippen LogP contribution in [0, 0.1) is 0 Å². The van der Waals surface area contributed by atoms with Gasteiger partial charge >= 0.3 is 5.97 Å². The van der Waals surface area contributed by atoms with Crippen LogP contribution in [0.25, 0.3) is 0 Å². The predicted molar refractivity (Wildman–Crippen MR) is 100 cm³/mol. The summed E-state index contributed by atoms with van der Waals surface area (Å²) in [6, 6.07) is 15.4. The number of ether oxygens (including phenoxy) is 1. The minimum atomic E-state index is -0.854. The van der Waals surface area contributed by atoms with Crippen LogP contribution < -0.4 is 5.32 Å². The van der Waals surface area contributed by atoms with Crippen molar-refractivity contribution in [2.24, 2.45) is 0 Å². The monoisotopic (exact) mass is 373 g/mol. The Kier molecular flexibility index (Phi) is 7.36. The van der Waals surface area contributed by atoms with E-state index in [0.29, 0.717) is 22.7 Å². The average Bonchev–Trinajstić information content (AvgIpc) is 2.63. The first-order valence-electron chi connectivity index (χ1n) is 8.30. The second-order valence-electron chi connectivity index (χ2n) is 5.77. The van der Waals surface area contributed by atoms with Gasteiger partial charge in [-0.1, -0.05) is 41.9 Å². The quantitative estimate of drug-likeness (QED) is 0.554. The van der Waals surface area contributed by atoms with E-state index in [0.717, 1.165) is 0 Å². The lowest BCUT2D eigenvalue weighted by Gasteiger charge is -2.12. The molecule has 0 saturated heterocycles. The Morgan fingerprint density at radius 3 is 2.31 bits per heavy atom. The van der Waals surface area contributed by atoms with Crippen molar-refractivity contribution in [2.75, 3.05) is 5.32 Å². The van der Waals surface area contributed by atoms with E-state index in [9.17, 15) is 14.4 Å². The van der Waals surface area contributed by atoms with Gasteiger partial charge in [0.25, 0.3) is 0 Å². The number of carbonyl (C=O) groups excluding carboxylic acids is 3. The highest BCUT2D eigenvalue weighted by atomic mass is 35.5. The van der Waals surface area contributed by atoms with Crippen LogP contribution in [-0.2, 0) is 14.3 Å². The van der Waals surface area contributed by atoms with Crippen molar-refractivity contribution in [2.45, 2.75) is 32.3 Å². The number of amides is 1. The molecule has 0 bridgehead atoms. The minimum absolute atomic E-state index is 0.0699. The van der Waals surface area contributed by atoms with E-state index in [-0.39, 0.29) is 24.5 Å². The molecule has 2 aromatic carbocycles. The molecule has 0 heterocycles. The Labute approximate surface area is 157 Å². The largest absolute Gasteiger partial charge is 0.454 e. The number of nitrogens with one attached hydrogen (secondary N) is 1. The fourth-order valence-electron chi connectivity index (χ4n) is 2.30. The average molecular weight is 374 g/mol. The third-order valence-electron chi connectivity index (χ3n) is 3.65. The van der Waals surface area contributed by atoms with Gasteiger partial charge < -0.3 is 10.1 Å². The molecule has 0 aliphatic rings. The smallest absolute Gasteiger partial charge is 0.306 e. The van der Waals surface area contributed by atoms with E-state index in [1.54, 1.807) is 55.5 Å². The van der Waals surface area contributed by atoms with Crippen LogP contribution in [0.3, 0.4) is 0 Å². The molecule has 6 heteroatoms.